The standard InChI is InChI=1S/C30H38N6O4.C20H16Cl2N2O4.C5H12N2/c1-33-11-15-35(16-12-33)9-7-27(37)31-21-3-5-23-25(19-21)30(40)26-20-22(4-6-24(26)29(23)39)32-28(38)8-10-36-17-13-34(2)14-18-36;21-7-5-17(25)23-11-1-3-13-15(9-11)20(28)16-10-12(24-18(26)6-8-22)2-4-14(16)19(13)27;1-7-4-2-6-3-5-7/h3-6,19-20H,7-18H2,1-2H3,(H,31,37)(H,32,38);1-4,9-10H,5-8H2,(H,23,25)(H,24,26);6H,2-5H2,1H3. The van der Waals surface area contributed by atoms with E-state index in [2.05, 4.69) is 72.2 Å². The van der Waals surface area contributed by atoms with Crippen LogP contribution in [0.4, 0.5) is 22.7 Å². The number of ketones is 4. The molecule has 0 saturated carbocycles. The number of benzene rings is 4. The van der Waals surface area contributed by atoms with Crippen LogP contribution in [0, 0.1) is 0 Å². The van der Waals surface area contributed by atoms with Gasteiger partial charge in [0, 0.05) is 196 Å². The Morgan fingerprint density at radius 2 is 0.667 bits per heavy atom. The maximum absolute atomic E-state index is 13.4. The molecule has 0 aromatic heterocycles. The van der Waals surface area contributed by atoms with Crippen molar-refractivity contribution in [2.75, 3.05) is 146 Å². The molecule has 3 fully saturated rings. The van der Waals surface area contributed by atoms with Crippen LogP contribution in [-0.2, 0) is 19.2 Å². The second-order valence-corrected chi connectivity index (χ2v) is 20.0. The van der Waals surface area contributed by atoms with Gasteiger partial charge in [0.1, 0.15) is 0 Å². The van der Waals surface area contributed by atoms with E-state index in [-0.39, 0.29) is 105 Å². The molecule has 3 aliphatic heterocycles. The third-order valence-corrected chi connectivity index (χ3v) is 14.0. The first-order chi connectivity index (χ1) is 36.1. The van der Waals surface area contributed by atoms with E-state index in [1.54, 1.807) is 48.5 Å². The predicted molar refractivity (Wildman–Crippen MR) is 292 cm³/mol. The summed E-state index contributed by atoms with van der Waals surface area (Å²) >= 11 is 11.1. The summed E-state index contributed by atoms with van der Waals surface area (Å²) in [6, 6.07) is 18.8. The van der Waals surface area contributed by atoms with Crippen molar-refractivity contribution >= 4 is 92.7 Å². The second-order valence-electron chi connectivity index (χ2n) is 19.3. The summed E-state index contributed by atoms with van der Waals surface area (Å²) in [4.78, 5) is 112. The van der Waals surface area contributed by atoms with Gasteiger partial charge in [-0.2, -0.15) is 0 Å². The van der Waals surface area contributed by atoms with Gasteiger partial charge in [0.15, 0.2) is 23.1 Å². The van der Waals surface area contributed by atoms with Gasteiger partial charge in [-0.25, -0.2) is 0 Å². The molecule has 0 spiro atoms. The molecule has 0 bridgehead atoms. The van der Waals surface area contributed by atoms with Crippen LogP contribution in [0.15, 0.2) is 72.8 Å². The molecular formula is C55H66Cl2N10O8. The quantitative estimate of drug-likeness (QED) is 0.0935. The Kier molecular flexibility index (Phi) is 20.4. The highest BCUT2D eigenvalue weighted by atomic mass is 35.5. The van der Waals surface area contributed by atoms with Crippen molar-refractivity contribution < 1.29 is 38.4 Å². The van der Waals surface area contributed by atoms with Crippen LogP contribution in [0.5, 0.6) is 0 Å². The fraction of sp³-hybridized carbons (Fsp3) is 0.418. The lowest BCUT2D eigenvalue weighted by Gasteiger charge is -2.32. The highest BCUT2D eigenvalue weighted by molar-refractivity contribution is 6.30. The molecule has 0 atom stereocenters. The molecule has 9 rings (SSSR count). The third kappa shape index (κ3) is 15.4. The molecule has 4 aromatic carbocycles. The monoisotopic (exact) mass is 1060 g/mol. The SMILES string of the molecule is CN1CCN(CCC(=O)Nc2ccc3c(c2)C(=O)c2cc(NC(=O)CCN4CCN(C)CC4)ccc2C3=O)CC1.CN1CCNCC1.O=C(CCCl)Nc1ccc2c(c1)C(=O)c1cc(NC(=O)CCCl)ccc1C2=O. The number of nitrogens with zero attached hydrogens (tertiary/aromatic N) is 5. The van der Waals surface area contributed by atoms with Gasteiger partial charge in [0.05, 0.1) is 0 Å². The molecule has 75 heavy (non-hydrogen) atoms. The lowest BCUT2D eigenvalue weighted by Crippen LogP contribution is -2.45. The first kappa shape index (κ1) is 56.5. The summed E-state index contributed by atoms with van der Waals surface area (Å²) in [6.45, 7) is 13.8. The van der Waals surface area contributed by atoms with Crippen LogP contribution < -0.4 is 26.6 Å². The van der Waals surface area contributed by atoms with E-state index in [1.165, 1.54) is 37.4 Å². The smallest absolute Gasteiger partial charge is 0.225 e. The van der Waals surface area contributed by atoms with Crippen molar-refractivity contribution in [1.29, 1.82) is 0 Å². The van der Waals surface area contributed by atoms with Crippen molar-refractivity contribution in [3.05, 3.63) is 117 Å². The van der Waals surface area contributed by atoms with Gasteiger partial charge in [-0.15, -0.1) is 23.2 Å². The fourth-order valence-electron chi connectivity index (χ4n) is 9.12. The van der Waals surface area contributed by atoms with Crippen molar-refractivity contribution in [1.82, 2.24) is 29.8 Å². The summed E-state index contributed by atoms with van der Waals surface area (Å²) in [5.74, 6) is -1.65. The number of hydrogen-bond donors (Lipinski definition) is 5. The molecule has 4 amide bonds. The molecule has 5 aliphatic rings. The zero-order valence-corrected chi connectivity index (χ0v) is 44.3. The highest BCUT2D eigenvalue weighted by Gasteiger charge is 2.32. The predicted octanol–water partition coefficient (Wildman–Crippen LogP) is 4.73. The third-order valence-electron chi connectivity index (χ3n) is 13.7. The largest absolute Gasteiger partial charge is 0.326 e. The Hall–Kier alpha value is -6.22. The molecule has 3 heterocycles. The second kappa shape index (κ2) is 27.0. The Morgan fingerprint density at radius 3 is 0.933 bits per heavy atom. The van der Waals surface area contributed by atoms with Gasteiger partial charge in [-0.1, -0.05) is 0 Å². The first-order valence-corrected chi connectivity index (χ1v) is 26.4. The number of carbonyl (C=O) groups excluding carboxylic acids is 8. The Morgan fingerprint density at radius 1 is 0.400 bits per heavy atom. The average molecular weight is 1070 g/mol. The van der Waals surface area contributed by atoms with Crippen LogP contribution in [0.1, 0.15) is 89.4 Å². The highest BCUT2D eigenvalue weighted by Crippen LogP contribution is 2.33. The average Bonchev–Trinajstić information content (AvgIpc) is 3.40. The molecule has 4 aromatic rings. The van der Waals surface area contributed by atoms with Crippen LogP contribution in [-0.4, -0.2) is 196 Å². The minimum Gasteiger partial charge on any atom is -0.326 e. The van der Waals surface area contributed by atoms with Crippen molar-refractivity contribution in [2.24, 2.45) is 0 Å². The molecule has 0 unspecified atom stereocenters. The number of carbonyl (C=O) groups is 8. The number of hydrogen-bond acceptors (Lipinski definition) is 14. The van der Waals surface area contributed by atoms with Gasteiger partial charge >= 0.3 is 0 Å². The first-order valence-electron chi connectivity index (χ1n) is 25.4. The van der Waals surface area contributed by atoms with Crippen molar-refractivity contribution in [3.63, 3.8) is 0 Å². The van der Waals surface area contributed by atoms with Crippen LogP contribution in [0.3, 0.4) is 0 Å². The molecule has 0 radical (unpaired) electrons. The number of amides is 4. The van der Waals surface area contributed by atoms with E-state index in [0.717, 1.165) is 65.4 Å². The lowest BCUT2D eigenvalue weighted by atomic mass is 9.83. The molecule has 2 aliphatic carbocycles. The minimum atomic E-state index is -0.355. The molecule has 20 heteroatoms. The van der Waals surface area contributed by atoms with Gasteiger partial charge in [0.2, 0.25) is 23.6 Å². The van der Waals surface area contributed by atoms with Crippen LogP contribution >= 0.6 is 23.2 Å². The number of anilines is 4. The molecular weight excluding hydrogens is 1000 g/mol. The van der Waals surface area contributed by atoms with E-state index >= 15 is 0 Å². The summed E-state index contributed by atoms with van der Waals surface area (Å²) in [5.41, 5.74) is 3.87. The Bertz CT molecular complexity index is 2620. The van der Waals surface area contributed by atoms with E-state index < -0.39 is 0 Å². The zero-order chi connectivity index (χ0) is 53.6. The summed E-state index contributed by atoms with van der Waals surface area (Å²) < 4.78 is 0. The maximum Gasteiger partial charge on any atom is 0.225 e. The molecule has 5 N–H and O–H groups in total. The summed E-state index contributed by atoms with van der Waals surface area (Å²) in [7, 11) is 6.34. The van der Waals surface area contributed by atoms with E-state index in [0.29, 0.717) is 59.8 Å². The number of rotatable bonds is 14. The number of alkyl halides is 2. The number of nitrogens with one attached hydrogen (secondary N) is 5. The Balaban J connectivity index is 0.000000202. The number of piperazine rings is 3. The molecule has 398 valence electrons. The van der Waals surface area contributed by atoms with Gasteiger partial charge in [-0.3, -0.25) is 38.4 Å². The lowest BCUT2D eigenvalue weighted by molar-refractivity contribution is -0.117. The van der Waals surface area contributed by atoms with Crippen LogP contribution in [0.2, 0.25) is 0 Å². The van der Waals surface area contributed by atoms with E-state index in [1.807, 2.05) is 0 Å². The Labute approximate surface area is 447 Å². The normalized spacial score (nSPS) is 16.9. The van der Waals surface area contributed by atoms with Gasteiger partial charge in [-0.05, 0) is 93.9 Å². The van der Waals surface area contributed by atoms with E-state index in [4.69, 9.17) is 23.2 Å². The minimum absolute atomic E-state index is 0.129. The van der Waals surface area contributed by atoms with E-state index in [9.17, 15) is 38.4 Å². The maximum atomic E-state index is 13.4. The topological polar surface area (TPSA) is 213 Å². The van der Waals surface area contributed by atoms with Crippen LogP contribution in [0.25, 0.3) is 0 Å². The van der Waals surface area contributed by atoms with Gasteiger partial charge < -0.3 is 51.1 Å². The zero-order valence-electron chi connectivity index (χ0n) is 42.8. The molecule has 3 saturated heterocycles. The summed E-state index contributed by atoms with van der Waals surface area (Å²) in [6.07, 6.45) is 0.988. The van der Waals surface area contributed by atoms with Gasteiger partial charge in [0.25, 0.3) is 0 Å². The fourth-order valence-corrected chi connectivity index (χ4v) is 9.46. The van der Waals surface area contributed by atoms with Crippen molar-refractivity contribution in [2.45, 2.75) is 25.7 Å². The number of halogens is 2. The molecule has 18 nitrogen and oxygen atoms in total. The number of fused-ring (bicyclic) bond motifs is 4. The summed E-state index contributed by atoms with van der Waals surface area (Å²) in [5, 5.41) is 14.3. The van der Waals surface area contributed by atoms with Crippen molar-refractivity contribution in [3.8, 4) is 0 Å². The number of likely N-dealkylation sites (N-methyl/N-ethyl adjacent to an activating group) is 3.